The molecule has 2 N–H and O–H groups in total. The van der Waals surface area contributed by atoms with Crippen molar-refractivity contribution in [3.63, 3.8) is 0 Å². The molecule has 2 aromatic rings. The highest BCUT2D eigenvalue weighted by atomic mass is 16.1. The summed E-state index contributed by atoms with van der Waals surface area (Å²) < 4.78 is 0. The largest absolute Gasteiger partial charge is 0.326 e. The minimum absolute atomic E-state index is 0.0120. The molecule has 2 rings (SSSR count). The van der Waals surface area contributed by atoms with Crippen molar-refractivity contribution in [1.82, 2.24) is 9.97 Å². The number of aryl methyl sites for hydroxylation is 2. The Bertz CT molecular complexity index is 875. The van der Waals surface area contributed by atoms with Crippen LogP contribution >= 0.6 is 0 Å². The van der Waals surface area contributed by atoms with Gasteiger partial charge < -0.3 is 9.97 Å². The number of pyridine rings is 2. The van der Waals surface area contributed by atoms with Gasteiger partial charge in [-0.2, -0.15) is 0 Å². The number of rotatable bonds is 6. The lowest BCUT2D eigenvalue weighted by atomic mass is 9.83. The zero-order chi connectivity index (χ0) is 24.7. The molecule has 0 spiro atoms. The fourth-order valence-corrected chi connectivity index (χ4v) is 4.71. The molecular formula is C28H46N2O2. The lowest BCUT2D eigenvalue weighted by Crippen LogP contribution is -2.15. The van der Waals surface area contributed by atoms with Gasteiger partial charge in [-0.25, -0.2) is 0 Å². The van der Waals surface area contributed by atoms with Gasteiger partial charge in [-0.1, -0.05) is 55.4 Å². The minimum atomic E-state index is 0.0120. The molecule has 0 saturated heterocycles. The lowest BCUT2D eigenvalue weighted by molar-refractivity contribution is 0.304. The third-order valence-electron chi connectivity index (χ3n) is 5.15. The molecule has 0 aromatic carbocycles. The molecule has 2 aromatic heterocycles. The molecule has 0 bridgehead atoms. The van der Waals surface area contributed by atoms with Crippen molar-refractivity contribution in [2.45, 2.75) is 94.9 Å². The second-order valence-electron chi connectivity index (χ2n) is 12.2. The number of nitrogens with one attached hydrogen (secondary N) is 2. The zero-order valence-electron chi connectivity index (χ0n) is 22.1. The van der Waals surface area contributed by atoms with E-state index < -0.39 is 0 Å². The molecule has 32 heavy (non-hydrogen) atoms. The van der Waals surface area contributed by atoms with Gasteiger partial charge in [0, 0.05) is 23.5 Å². The summed E-state index contributed by atoms with van der Waals surface area (Å²) in [7, 11) is 0. The van der Waals surface area contributed by atoms with Crippen LogP contribution in [0.1, 0.15) is 90.7 Å². The average molecular weight is 443 g/mol. The van der Waals surface area contributed by atoms with E-state index in [0.717, 1.165) is 35.4 Å². The van der Waals surface area contributed by atoms with E-state index in [1.54, 1.807) is 12.1 Å². The number of aromatic amines is 2. The number of hydrogen-bond acceptors (Lipinski definition) is 2. The van der Waals surface area contributed by atoms with Gasteiger partial charge in [-0.15, -0.1) is 0 Å². The Morgan fingerprint density at radius 1 is 0.656 bits per heavy atom. The first-order valence-electron chi connectivity index (χ1n) is 11.9. The normalized spacial score (nSPS) is 13.8. The van der Waals surface area contributed by atoms with Gasteiger partial charge in [0.2, 0.25) is 11.1 Å². The molecule has 0 fully saturated rings. The molecule has 0 aliphatic rings. The van der Waals surface area contributed by atoms with Gasteiger partial charge in [0.25, 0.3) is 0 Å². The van der Waals surface area contributed by atoms with Crippen molar-refractivity contribution < 1.29 is 0 Å². The summed E-state index contributed by atoms with van der Waals surface area (Å²) >= 11 is 0. The van der Waals surface area contributed by atoms with Crippen molar-refractivity contribution in [2.24, 2.45) is 22.7 Å². The van der Waals surface area contributed by atoms with Crippen LogP contribution in [0.15, 0.2) is 33.9 Å². The Hall–Kier alpha value is -2.10. The first-order chi connectivity index (χ1) is 14.5. The van der Waals surface area contributed by atoms with E-state index in [1.807, 2.05) is 13.8 Å². The standard InChI is InChI=1S/2C14H23NO/c2*1-10-6-12(15-13(16)8-10)7-11(2)9-14(3,4)5/h2*6,8,11H,7,9H2,1-5H3,(H,15,16). The highest BCUT2D eigenvalue weighted by Gasteiger charge is 2.16. The van der Waals surface area contributed by atoms with Crippen LogP contribution in [0.25, 0.3) is 0 Å². The Kier molecular flexibility index (Phi) is 10.2. The molecule has 2 atom stereocenters. The van der Waals surface area contributed by atoms with Gasteiger partial charge in [0.15, 0.2) is 0 Å². The predicted molar refractivity (Wildman–Crippen MR) is 137 cm³/mol. The van der Waals surface area contributed by atoms with E-state index in [0.29, 0.717) is 22.7 Å². The third-order valence-corrected chi connectivity index (χ3v) is 5.15. The number of aromatic nitrogens is 2. The zero-order valence-corrected chi connectivity index (χ0v) is 22.1. The molecule has 0 aliphatic carbocycles. The highest BCUT2D eigenvalue weighted by Crippen LogP contribution is 2.26. The van der Waals surface area contributed by atoms with E-state index in [1.165, 1.54) is 12.8 Å². The van der Waals surface area contributed by atoms with Crippen molar-refractivity contribution >= 4 is 0 Å². The second kappa shape index (κ2) is 11.7. The van der Waals surface area contributed by atoms with Crippen molar-refractivity contribution in [1.29, 1.82) is 0 Å². The van der Waals surface area contributed by atoms with Crippen LogP contribution in [0.5, 0.6) is 0 Å². The van der Waals surface area contributed by atoms with Crippen molar-refractivity contribution in [3.8, 4) is 0 Å². The maximum absolute atomic E-state index is 11.3. The monoisotopic (exact) mass is 442 g/mol. The van der Waals surface area contributed by atoms with E-state index in [2.05, 4.69) is 77.5 Å². The van der Waals surface area contributed by atoms with E-state index in [4.69, 9.17) is 0 Å². The first-order valence-corrected chi connectivity index (χ1v) is 11.9. The topological polar surface area (TPSA) is 65.7 Å². The fourth-order valence-electron chi connectivity index (χ4n) is 4.71. The summed E-state index contributed by atoms with van der Waals surface area (Å²) in [6, 6.07) is 7.41. The summed E-state index contributed by atoms with van der Waals surface area (Å²) in [6.07, 6.45) is 4.24. The SMILES string of the molecule is Cc1cc(CC(C)CC(C)(C)C)[nH]c(=O)c1.Cc1cc(CC(C)CC(C)(C)C)[nH]c(=O)c1. The smallest absolute Gasteiger partial charge is 0.248 e. The summed E-state index contributed by atoms with van der Waals surface area (Å²) in [4.78, 5) is 28.5. The summed E-state index contributed by atoms with van der Waals surface area (Å²) in [5, 5.41) is 0. The van der Waals surface area contributed by atoms with Gasteiger partial charge in [-0.3, -0.25) is 9.59 Å². The number of hydrogen-bond donors (Lipinski definition) is 2. The van der Waals surface area contributed by atoms with E-state index in [9.17, 15) is 9.59 Å². The maximum atomic E-state index is 11.3. The molecule has 4 heteroatoms. The van der Waals surface area contributed by atoms with E-state index in [-0.39, 0.29) is 11.1 Å². The van der Waals surface area contributed by atoms with Crippen LogP contribution < -0.4 is 11.1 Å². The minimum Gasteiger partial charge on any atom is -0.326 e. The fraction of sp³-hybridized carbons (Fsp3) is 0.643. The van der Waals surface area contributed by atoms with Gasteiger partial charge in [0.05, 0.1) is 0 Å². The quantitative estimate of drug-likeness (QED) is 0.529. The molecule has 4 nitrogen and oxygen atoms in total. The van der Waals surface area contributed by atoms with Crippen LogP contribution in [0.2, 0.25) is 0 Å². The summed E-state index contributed by atoms with van der Waals surface area (Å²) in [6.45, 7) is 21.9. The average Bonchev–Trinajstić information content (AvgIpc) is 2.48. The second-order valence-corrected chi connectivity index (χ2v) is 12.2. The van der Waals surface area contributed by atoms with E-state index >= 15 is 0 Å². The molecular weight excluding hydrogens is 396 g/mol. The van der Waals surface area contributed by atoms with Crippen LogP contribution in [0, 0.1) is 36.5 Å². The molecule has 180 valence electrons. The third kappa shape index (κ3) is 12.7. The molecule has 0 saturated carbocycles. The van der Waals surface area contributed by atoms with Gasteiger partial charge in [-0.05, 0) is 85.5 Å². The first kappa shape index (κ1) is 27.9. The molecule has 2 heterocycles. The van der Waals surface area contributed by atoms with Gasteiger partial charge in [0.1, 0.15) is 0 Å². The molecule has 0 amide bonds. The number of H-pyrrole nitrogens is 2. The Morgan fingerprint density at radius 2 is 0.969 bits per heavy atom. The maximum Gasteiger partial charge on any atom is 0.248 e. The van der Waals surface area contributed by atoms with Crippen LogP contribution in [0.3, 0.4) is 0 Å². The Balaban J connectivity index is 0.000000320. The van der Waals surface area contributed by atoms with Crippen molar-refractivity contribution in [3.05, 3.63) is 67.5 Å². The summed E-state index contributed by atoms with van der Waals surface area (Å²) in [5.41, 5.74) is 4.93. The Morgan fingerprint density at radius 3 is 1.22 bits per heavy atom. The van der Waals surface area contributed by atoms with Crippen molar-refractivity contribution in [2.75, 3.05) is 0 Å². The van der Waals surface area contributed by atoms with Crippen LogP contribution in [0.4, 0.5) is 0 Å². The lowest BCUT2D eigenvalue weighted by Gasteiger charge is -2.23. The highest BCUT2D eigenvalue weighted by molar-refractivity contribution is 5.15. The molecule has 0 aliphatic heterocycles. The summed E-state index contributed by atoms with van der Waals surface area (Å²) in [5.74, 6) is 1.19. The molecule has 0 radical (unpaired) electrons. The van der Waals surface area contributed by atoms with Gasteiger partial charge >= 0.3 is 0 Å². The molecule has 2 unspecified atom stereocenters. The van der Waals surface area contributed by atoms with Crippen LogP contribution in [-0.4, -0.2) is 9.97 Å². The predicted octanol–water partition coefficient (Wildman–Crippen LogP) is 6.60. The van der Waals surface area contributed by atoms with Crippen LogP contribution in [-0.2, 0) is 12.8 Å². The Labute approximate surface area is 195 Å².